The summed E-state index contributed by atoms with van der Waals surface area (Å²) < 4.78 is 43.7. The molecule has 2 heterocycles. The number of rotatable bonds is 3. The van der Waals surface area contributed by atoms with E-state index in [1.54, 1.807) is 0 Å². The maximum Gasteiger partial charge on any atom is 0.435 e. The molecule has 0 spiro atoms. The fraction of sp³-hybridized carbons (Fsp3) is 0.267. The molecular weight excluding hydrogens is 309 g/mol. The Morgan fingerprint density at radius 3 is 2.43 bits per heavy atom. The molecule has 2 aromatic heterocycles. The third-order valence-corrected chi connectivity index (χ3v) is 3.18. The van der Waals surface area contributed by atoms with Gasteiger partial charge in [0.15, 0.2) is 5.69 Å². The van der Waals surface area contributed by atoms with Gasteiger partial charge in [0.25, 0.3) is 0 Å². The molecule has 0 amide bonds. The predicted octanol–water partition coefficient (Wildman–Crippen LogP) is 3.62. The van der Waals surface area contributed by atoms with Gasteiger partial charge in [0.05, 0.1) is 0 Å². The summed E-state index contributed by atoms with van der Waals surface area (Å²) in [5.74, 6) is 0.589. The number of halogens is 3. The highest BCUT2D eigenvalue weighted by atomic mass is 19.4. The van der Waals surface area contributed by atoms with Crippen molar-refractivity contribution in [2.75, 3.05) is 0 Å². The molecule has 0 bridgehead atoms. The van der Waals surface area contributed by atoms with Gasteiger partial charge in [-0.3, -0.25) is 4.68 Å². The predicted molar refractivity (Wildman–Crippen MR) is 75.5 cm³/mol. The van der Waals surface area contributed by atoms with Gasteiger partial charge in [0.2, 0.25) is 11.7 Å². The molecule has 0 unspecified atom stereocenters. The van der Waals surface area contributed by atoms with Crippen LogP contribution in [-0.4, -0.2) is 19.9 Å². The van der Waals surface area contributed by atoms with Gasteiger partial charge in [0, 0.05) is 11.8 Å². The normalized spacial score (nSPS) is 11.9. The highest BCUT2D eigenvalue weighted by Crippen LogP contribution is 2.27. The lowest BCUT2D eigenvalue weighted by Crippen LogP contribution is -2.08. The average Bonchev–Trinajstić information content (AvgIpc) is 3.06. The van der Waals surface area contributed by atoms with Crippen molar-refractivity contribution < 1.29 is 17.7 Å². The summed E-state index contributed by atoms with van der Waals surface area (Å²) >= 11 is 0. The summed E-state index contributed by atoms with van der Waals surface area (Å²) in [7, 11) is 0. The van der Waals surface area contributed by atoms with Crippen LogP contribution >= 0.6 is 0 Å². The van der Waals surface area contributed by atoms with Crippen molar-refractivity contribution in [3.63, 3.8) is 0 Å². The summed E-state index contributed by atoms with van der Waals surface area (Å²) in [6, 6.07) is 6.75. The zero-order chi connectivity index (χ0) is 16.6. The Hall–Kier alpha value is -2.64. The lowest BCUT2D eigenvalue weighted by Gasteiger charge is -2.00. The van der Waals surface area contributed by atoms with Crippen LogP contribution in [0.25, 0.3) is 11.4 Å². The van der Waals surface area contributed by atoms with Crippen molar-refractivity contribution in [2.24, 2.45) is 0 Å². The highest BCUT2D eigenvalue weighted by Gasteiger charge is 2.33. The Morgan fingerprint density at radius 1 is 1.13 bits per heavy atom. The van der Waals surface area contributed by atoms with E-state index in [1.807, 2.05) is 32.0 Å². The molecule has 23 heavy (non-hydrogen) atoms. The number of alkyl halides is 3. The van der Waals surface area contributed by atoms with Gasteiger partial charge in [-0.1, -0.05) is 22.3 Å². The molecule has 1 aromatic carbocycles. The largest absolute Gasteiger partial charge is 0.435 e. The second-order valence-electron chi connectivity index (χ2n) is 5.28. The van der Waals surface area contributed by atoms with Gasteiger partial charge < -0.3 is 4.52 Å². The average molecular weight is 322 g/mol. The third kappa shape index (κ3) is 3.41. The zero-order valence-electron chi connectivity index (χ0n) is 12.4. The molecule has 120 valence electrons. The van der Waals surface area contributed by atoms with E-state index >= 15 is 0 Å². The molecule has 0 saturated carbocycles. The van der Waals surface area contributed by atoms with E-state index in [-0.39, 0.29) is 12.4 Å². The Balaban J connectivity index is 1.81. The van der Waals surface area contributed by atoms with Gasteiger partial charge in [-0.2, -0.15) is 23.3 Å². The van der Waals surface area contributed by atoms with Crippen LogP contribution in [0, 0.1) is 13.8 Å². The molecule has 5 nitrogen and oxygen atoms in total. The molecule has 8 heteroatoms. The minimum Gasteiger partial charge on any atom is -0.337 e. The molecule has 0 aliphatic carbocycles. The molecule has 0 atom stereocenters. The lowest BCUT2D eigenvalue weighted by molar-refractivity contribution is -0.141. The van der Waals surface area contributed by atoms with Crippen molar-refractivity contribution in [1.29, 1.82) is 0 Å². The SMILES string of the molecule is Cc1cc(C)cc(-c2noc(Cn3ccc(C(F)(F)F)n3)n2)c1. The Labute approximate surface area is 129 Å². The number of hydrogen-bond donors (Lipinski definition) is 0. The second kappa shape index (κ2) is 5.53. The number of nitrogens with zero attached hydrogens (tertiary/aromatic N) is 4. The first kappa shape index (κ1) is 15.3. The first-order chi connectivity index (χ1) is 10.8. The number of benzene rings is 1. The number of hydrogen-bond acceptors (Lipinski definition) is 4. The molecule has 0 radical (unpaired) electrons. The summed E-state index contributed by atoms with van der Waals surface area (Å²) in [5.41, 5.74) is 1.97. The summed E-state index contributed by atoms with van der Waals surface area (Å²) in [6.45, 7) is 3.90. The molecule has 0 aliphatic rings. The summed E-state index contributed by atoms with van der Waals surface area (Å²) in [5, 5.41) is 7.32. The van der Waals surface area contributed by atoms with E-state index < -0.39 is 11.9 Å². The monoisotopic (exact) mass is 322 g/mol. The van der Waals surface area contributed by atoms with E-state index in [1.165, 1.54) is 6.20 Å². The van der Waals surface area contributed by atoms with Crippen LogP contribution in [0.1, 0.15) is 22.7 Å². The van der Waals surface area contributed by atoms with Gasteiger partial charge in [-0.05, 0) is 32.0 Å². The van der Waals surface area contributed by atoms with E-state index in [0.29, 0.717) is 5.82 Å². The van der Waals surface area contributed by atoms with Crippen molar-refractivity contribution >= 4 is 0 Å². The second-order valence-corrected chi connectivity index (χ2v) is 5.28. The van der Waals surface area contributed by atoms with E-state index in [2.05, 4.69) is 15.2 Å². The molecule has 0 saturated heterocycles. The first-order valence-corrected chi connectivity index (χ1v) is 6.83. The van der Waals surface area contributed by atoms with Gasteiger partial charge in [-0.25, -0.2) is 0 Å². The van der Waals surface area contributed by atoms with Crippen LogP contribution in [-0.2, 0) is 12.7 Å². The first-order valence-electron chi connectivity index (χ1n) is 6.83. The maximum absolute atomic E-state index is 12.5. The smallest absolute Gasteiger partial charge is 0.337 e. The summed E-state index contributed by atoms with van der Waals surface area (Å²) in [4.78, 5) is 4.21. The summed E-state index contributed by atoms with van der Waals surface area (Å²) in [6.07, 6.45) is -3.24. The van der Waals surface area contributed by atoms with Crippen LogP contribution < -0.4 is 0 Å². The van der Waals surface area contributed by atoms with Crippen LogP contribution in [0.15, 0.2) is 35.0 Å². The maximum atomic E-state index is 12.5. The van der Waals surface area contributed by atoms with Crippen LogP contribution in [0.3, 0.4) is 0 Å². The van der Waals surface area contributed by atoms with Gasteiger partial charge >= 0.3 is 6.18 Å². The lowest BCUT2D eigenvalue weighted by atomic mass is 10.1. The highest BCUT2D eigenvalue weighted by molar-refractivity contribution is 5.56. The van der Waals surface area contributed by atoms with Crippen LogP contribution in [0.5, 0.6) is 0 Å². The molecular formula is C15H13F3N4O. The molecule has 3 aromatic rings. The molecule has 0 N–H and O–H groups in total. The zero-order valence-corrected chi connectivity index (χ0v) is 12.4. The minimum absolute atomic E-state index is 0.0200. The minimum atomic E-state index is -4.47. The van der Waals surface area contributed by atoms with Crippen molar-refractivity contribution in [3.8, 4) is 11.4 Å². The number of aromatic nitrogens is 4. The van der Waals surface area contributed by atoms with E-state index in [4.69, 9.17) is 4.52 Å². The van der Waals surface area contributed by atoms with Gasteiger partial charge in [-0.15, -0.1) is 0 Å². The van der Waals surface area contributed by atoms with Crippen molar-refractivity contribution in [2.45, 2.75) is 26.6 Å². The Morgan fingerprint density at radius 2 is 1.83 bits per heavy atom. The fourth-order valence-corrected chi connectivity index (χ4v) is 2.28. The van der Waals surface area contributed by atoms with Crippen LogP contribution in [0.2, 0.25) is 0 Å². The molecule has 3 rings (SSSR count). The van der Waals surface area contributed by atoms with E-state index in [0.717, 1.165) is 27.4 Å². The Kier molecular flexibility index (Phi) is 3.67. The molecule has 0 fully saturated rings. The Bertz CT molecular complexity index is 815. The van der Waals surface area contributed by atoms with E-state index in [9.17, 15) is 13.2 Å². The fourth-order valence-electron chi connectivity index (χ4n) is 2.28. The van der Waals surface area contributed by atoms with Crippen molar-refractivity contribution in [1.82, 2.24) is 19.9 Å². The number of aryl methyl sites for hydroxylation is 2. The molecule has 0 aliphatic heterocycles. The third-order valence-electron chi connectivity index (χ3n) is 3.18. The quantitative estimate of drug-likeness (QED) is 0.739. The standard InChI is InChI=1S/C15H13F3N4O/c1-9-5-10(2)7-11(6-9)14-19-13(23-21-14)8-22-4-3-12(20-22)15(16,17)18/h3-7H,8H2,1-2H3. The van der Waals surface area contributed by atoms with Gasteiger partial charge in [0.1, 0.15) is 6.54 Å². The van der Waals surface area contributed by atoms with Crippen molar-refractivity contribution in [3.05, 3.63) is 53.2 Å². The topological polar surface area (TPSA) is 56.7 Å². The van der Waals surface area contributed by atoms with Crippen LogP contribution in [0.4, 0.5) is 13.2 Å².